The van der Waals surface area contributed by atoms with Gasteiger partial charge in [-0.3, -0.25) is 0 Å². The fourth-order valence-electron chi connectivity index (χ4n) is 1.60. The van der Waals surface area contributed by atoms with E-state index in [1.54, 1.807) is 12.1 Å². The maximum Gasteiger partial charge on any atom is 0.387 e. The molecule has 3 nitrogen and oxygen atoms in total. The molecule has 4 N–H and O–H groups in total. The molecule has 0 bridgehead atoms. The molecule has 1 rings (SSSR count). The Morgan fingerprint density at radius 2 is 1.94 bits per heavy atom. The van der Waals surface area contributed by atoms with Crippen molar-refractivity contribution in [3.05, 3.63) is 29.8 Å². The van der Waals surface area contributed by atoms with E-state index in [2.05, 4.69) is 4.74 Å². The van der Waals surface area contributed by atoms with Crippen LogP contribution in [0.5, 0.6) is 5.75 Å². The quantitative estimate of drug-likeness (QED) is 0.755. The van der Waals surface area contributed by atoms with E-state index in [0.717, 1.165) is 24.8 Å². The SMILES string of the molecule is Cl.NCCCC[C@H](N)c1cccc(OC(F)F)c1. The molecule has 6 heteroatoms. The van der Waals surface area contributed by atoms with E-state index in [1.165, 1.54) is 6.07 Å². The van der Waals surface area contributed by atoms with Crippen LogP contribution in [0.4, 0.5) is 8.78 Å². The molecule has 104 valence electrons. The third-order valence-electron chi connectivity index (χ3n) is 2.48. The van der Waals surface area contributed by atoms with Gasteiger partial charge in [0.15, 0.2) is 0 Å². The highest BCUT2D eigenvalue weighted by Crippen LogP contribution is 2.22. The van der Waals surface area contributed by atoms with Crippen LogP contribution in [0, 0.1) is 0 Å². The van der Waals surface area contributed by atoms with Gasteiger partial charge in [0.05, 0.1) is 0 Å². The first-order valence-corrected chi connectivity index (χ1v) is 5.64. The van der Waals surface area contributed by atoms with Gasteiger partial charge in [-0.25, -0.2) is 0 Å². The topological polar surface area (TPSA) is 61.3 Å². The molecule has 1 atom stereocenters. The van der Waals surface area contributed by atoms with Crippen molar-refractivity contribution in [2.24, 2.45) is 11.5 Å². The van der Waals surface area contributed by atoms with E-state index in [0.29, 0.717) is 6.54 Å². The summed E-state index contributed by atoms with van der Waals surface area (Å²) in [6.45, 7) is -2.17. The van der Waals surface area contributed by atoms with Crippen LogP contribution in [0.15, 0.2) is 24.3 Å². The summed E-state index contributed by atoms with van der Waals surface area (Å²) < 4.78 is 28.4. The summed E-state index contributed by atoms with van der Waals surface area (Å²) in [5.41, 5.74) is 12.1. The molecule has 0 saturated carbocycles. The van der Waals surface area contributed by atoms with Crippen molar-refractivity contribution in [1.82, 2.24) is 0 Å². The highest BCUT2D eigenvalue weighted by molar-refractivity contribution is 5.85. The highest BCUT2D eigenvalue weighted by Gasteiger charge is 2.09. The number of nitrogens with two attached hydrogens (primary N) is 2. The monoisotopic (exact) mass is 280 g/mol. The van der Waals surface area contributed by atoms with Gasteiger partial charge in [0.2, 0.25) is 0 Å². The Labute approximate surface area is 112 Å². The van der Waals surface area contributed by atoms with Crippen LogP contribution in [-0.4, -0.2) is 13.2 Å². The number of benzene rings is 1. The first-order chi connectivity index (χ1) is 8.13. The molecule has 0 saturated heterocycles. The van der Waals surface area contributed by atoms with E-state index >= 15 is 0 Å². The average Bonchev–Trinajstić information content (AvgIpc) is 2.28. The minimum Gasteiger partial charge on any atom is -0.435 e. The zero-order valence-corrected chi connectivity index (χ0v) is 10.8. The van der Waals surface area contributed by atoms with E-state index in [4.69, 9.17) is 11.5 Å². The lowest BCUT2D eigenvalue weighted by atomic mass is 10.0. The maximum absolute atomic E-state index is 12.0. The summed E-state index contributed by atoms with van der Waals surface area (Å²) in [5, 5.41) is 0. The predicted molar refractivity (Wildman–Crippen MR) is 70.2 cm³/mol. The van der Waals surface area contributed by atoms with Crippen molar-refractivity contribution in [3.63, 3.8) is 0 Å². The van der Waals surface area contributed by atoms with Crippen molar-refractivity contribution in [3.8, 4) is 5.75 Å². The summed E-state index contributed by atoms with van der Waals surface area (Å²) in [4.78, 5) is 0. The highest BCUT2D eigenvalue weighted by atomic mass is 35.5. The van der Waals surface area contributed by atoms with Crippen LogP contribution in [0.3, 0.4) is 0 Å². The molecule has 0 unspecified atom stereocenters. The number of hydrogen-bond acceptors (Lipinski definition) is 3. The van der Waals surface area contributed by atoms with Gasteiger partial charge in [0.25, 0.3) is 0 Å². The lowest BCUT2D eigenvalue weighted by Crippen LogP contribution is -2.11. The zero-order valence-electron chi connectivity index (χ0n) is 10.0. The second kappa shape index (κ2) is 9.08. The van der Waals surface area contributed by atoms with E-state index in [9.17, 15) is 8.78 Å². The Kier molecular flexibility index (Phi) is 8.62. The molecule has 0 aliphatic heterocycles. The van der Waals surface area contributed by atoms with Crippen LogP contribution in [0.2, 0.25) is 0 Å². The third kappa shape index (κ3) is 6.14. The Bertz CT molecular complexity index is 340. The third-order valence-corrected chi connectivity index (χ3v) is 2.48. The molecule has 0 spiro atoms. The Hall–Kier alpha value is -0.910. The molecule has 0 amide bonds. The predicted octanol–water partition coefficient (Wildman–Crippen LogP) is 2.84. The van der Waals surface area contributed by atoms with Crippen molar-refractivity contribution < 1.29 is 13.5 Å². The lowest BCUT2D eigenvalue weighted by Gasteiger charge is -2.13. The summed E-state index contributed by atoms with van der Waals surface area (Å²) in [5.74, 6) is 0.145. The summed E-state index contributed by atoms with van der Waals surface area (Å²) >= 11 is 0. The Morgan fingerprint density at radius 1 is 1.22 bits per heavy atom. The maximum atomic E-state index is 12.0. The fourth-order valence-corrected chi connectivity index (χ4v) is 1.60. The fraction of sp³-hybridized carbons (Fsp3) is 0.500. The Balaban J connectivity index is 0.00000289. The summed E-state index contributed by atoms with van der Waals surface area (Å²) in [7, 11) is 0. The number of hydrogen-bond donors (Lipinski definition) is 2. The van der Waals surface area contributed by atoms with Crippen LogP contribution in [0.1, 0.15) is 30.9 Å². The van der Waals surface area contributed by atoms with Crippen LogP contribution in [-0.2, 0) is 0 Å². The largest absolute Gasteiger partial charge is 0.435 e. The van der Waals surface area contributed by atoms with Gasteiger partial charge in [-0.15, -0.1) is 12.4 Å². The van der Waals surface area contributed by atoms with Crippen molar-refractivity contribution in [1.29, 1.82) is 0 Å². The van der Waals surface area contributed by atoms with Gasteiger partial charge < -0.3 is 16.2 Å². The molecule has 0 aliphatic rings. The minimum atomic E-state index is -2.81. The number of alkyl halides is 2. The molecule has 0 fully saturated rings. The zero-order chi connectivity index (χ0) is 12.7. The van der Waals surface area contributed by atoms with Crippen LogP contribution >= 0.6 is 12.4 Å². The summed E-state index contributed by atoms with van der Waals surface area (Å²) in [6.07, 6.45) is 2.63. The van der Waals surface area contributed by atoms with Crippen molar-refractivity contribution in [2.45, 2.75) is 31.9 Å². The molecular formula is C12H19ClF2N2O. The van der Waals surface area contributed by atoms with Gasteiger partial charge in [-0.05, 0) is 37.1 Å². The average molecular weight is 281 g/mol. The van der Waals surface area contributed by atoms with Gasteiger partial charge in [-0.1, -0.05) is 18.6 Å². The molecular weight excluding hydrogens is 262 g/mol. The number of unbranched alkanes of at least 4 members (excludes halogenated alkanes) is 1. The first-order valence-electron chi connectivity index (χ1n) is 5.64. The normalized spacial score (nSPS) is 12.1. The molecule has 18 heavy (non-hydrogen) atoms. The number of rotatable bonds is 7. The Morgan fingerprint density at radius 3 is 2.56 bits per heavy atom. The molecule has 0 radical (unpaired) electrons. The second-order valence-electron chi connectivity index (χ2n) is 3.84. The van der Waals surface area contributed by atoms with Gasteiger partial charge in [0.1, 0.15) is 5.75 Å². The van der Waals surface area contributed by atoms with Gasteiger partial charge >= 0.3 is 6.61 Å². The molecule has 0 aromatic heterocycles. The minimum absolute atomic E-state index is 0. The molecule has 0 aliphatic carbocycles. The smallest absolute Gasteiger partial charge is 0.387 e. The molecule has 1 aromatic rings. The summed E-state index contributed by atoms with van der Waals surface area (Å²) in [6, 6.07) is 6.35. The molecule has 0 heterocycles. The lowest BCUT2D eigenvalue weighted by molar-refractivity contribution is -0.0499. The van der Waals surface area contributed by atoms with E-state index in [1.807, 2.05) is 6.07 Å². The van der Waals surface area contributed by atoms with Crippen LogP contribution in [0.25, 0.3) is 0 Å². The molecule has 1 aromatic carbocycles. The van der Waals surface area contributed by atoms with E-state index in [-0.39, 0.29) is 24.2 Å². The first kappa shape index (κ1) is 17.1. The number of halogens is 3. The van der Waals surface area contributed by atoms with Crippen molar-refractivity contribution in [2.75, 3.05) is 6.54 Å². The van der Waals surface area contributed by atoms with Gasteiger partial charge in [0, 0.05) is 6.04 Å². The standard InChI is InChI=1S/C12H18F2N2O.ClH/c13-12(14)17-10-5-3-4-9(8-10)11(16)6-1-2-7-15;/h3-5,8,11-12H,1-2,6-7,15-16H2;1H/t11-;/m0./s1. The number of ether oxygens (including phenoxy) is 1. The van der Waals surface area contributed by atoms with Crippen molar-refractivity contribution >= 4 is 12.4 Å². The second-order valence-corrected chi connectivity index (χ2v) is 3.84. The van der Waals surface area contributed by atoms with Crippen LogP contribution < -0.4 is 16.2 Å². The van der Waals surface area contributed by atoms with Gasteiger partial charge in [-0.2, -0.15) is 8.78 Å². The van der Waals surface area contributed by atoms with E-state index < -0.39 is 6.61 Å².